The molecule has 3 atom stereocenters. The van der Waals surface area contributed by atoms with E-state index < -0.39 is 17.5 Å². The number of allylic oxidation sites excluding steroid dienone is 1. The van der Waals surface area contributed by atoms with Gasteiger partial charge in [-0.25, -0.2) is 0 Å². The zero-order valence-electron chi connectivity index (χ0n) is 8.50. The quantitative estimate of drug-likeness (QED) is 0.683. The molecule has 2 aliphatic rings. The average molecular weight is 217 g/mol. The van der Waals surface area contributed by atoms with Crippen molar-refractivity contribution in [2.45, 2.75) is 23.9 Å². The number of aliphatic hydroxyl groups excluding tert-OH is 1. The molecule has 0 unspecified atom stereocenters. The number of carboxylic acids is 1. The predicted octanol–water partition coefficient (Wildman–Crippen LogP) is 0.822. The summed E-state index contributed by atoms with van der Waals surface area (Å²) in [5.74, 6) is -1.04. The standard InChI is InChI=1S/C12H11NO3/c14-7-3-4-9-8-2-1-5-13-10(8)12(9,6-7)11(15)16/h1-5,7,9,14H,6H2,(H,15,16)/t7-,9+,12-/m1/s1. The van der Waals surface area contributed by atoms with E-state index in [-0.39, 0.29) is 12.3 Å². The monoisotopic (exact) mass is 217 g/mol. The van der Waals surface area contributed by atoms with Crippen molar-refractivity contribution in [2.24, 2.45) is 0 Å². The van der Waals surface area contributed by atoms with Gasteiger partial charge in [0.05, 0.1) is 11.8 Å². The van der Waals surface area contributed by atoms with E-state index in [2.05, 4.69) is 4.98 Å². The lowest BCUT2D eigenvalue weighted by atomic mass is 9.54. The van der Waals surface area contributed by atoms with Gasteiger partial charge in [0, 0.05) is 12.1 Å². The van der Waals surface area contributed by atoms with Crippen molar-refractivity contribution in [3.05, 3.63) is 41.7 Å². The molecule has 16 heavy (non-hydrogen) atoms. The third kappa shape index (κ3) is 0.925. The van der Waals surface area contributed by atoms with Gasteiger partial charge in [0.1, 0.15) is 5.41 Å². The Kier molecular flexibility index (Phi) is 1.74. The average Bonchev–Trinajstić information content (AvgIpc) is 2.26. The second kappa shape index (κ2) is 2.92. The number of hydrogen-bond donors (Lipinski definition) is 2. The summed E-state index contributed by atoms with van der Waals surface area (Å²) in [4.78, 5) is 15.6. The molecule has 0 amide bonds. The summed E-state index contributed by atoms with van der Waals surface area (Å²) >= 11 is 0. The number of carboxylic acid groups (broad SMARTS) is 1. The van der Waals surface area contributed by atoms with E-state index in [1.54, 1.807) is 18.3 Å². The molecule has 1 aromatic rings. The van der Waals surface area contributed by atoms with E-state index in [0.29, 0.717) is 5.69 Å². The minimum atomic E-state index is -1.01. The van der Waals surface area contributed by atoms with Crippen LogP contribution in [-0.4, -0.2) is 27.3 Å². The first-order valence-electron chi connectivity index (χ1n) is 5.21. The van der Waals surface area contributed by atoms with Crippen LogP contribution in [0.4, 0.5) is 0 Å². The molecule has 82 valence electrons. The van der Waals surface area contributed by atoms with E-state index in [1.165, 1.54) is 0 Å². The zero-order chi connectivity index (χ0) is 11.3. The molecule has 1 aromatic heterocycles. The van der Waals surface area contributed by atoms with Crippen LogP contribution in [0.15, 0.2) is 30.5 Å². The van der Waals surface area contributed by atoms with Crippen LogP contribution in [0.1, 0.15) is 23.6 Å². The molecule has 1 heterocycles. The number of pyridine rings is 1. The number of rotatable bonds is 1. The van der Waals surface area contributed by atoms with Gasteiger partial charge >= 0.3 is 5.97 Å². The fourth-order valence-electron chi connectivity index (χ4n) is 2.83. The number of nitrogens with zero attached hydrogens (tertiary/aromatic N) is 1. The van der Waals surface area contributed by atoms with Crippen molar-refractivity contribution < 1.29 is 15.0 Å². The number of hydrogen-bond acceptors (Lipinski definition) is 3. The first kappa shape index (κ1) is 9.54. The first-order chi connectivity index (χ1) is 7.66. The number of aliphatic carboxylic acids is 1. The number of fused-ring (bicyclic) bond motifs is 4. The van der Waals surface area contributed by atoms with Crippen LogP contribution < -0.4 is 0 Å². The van der Waals surface area contributed by atoms with E-state index in [4.69, 9.17) is 0 Å². The maximum absolute atomic E-state index is 11.5. The van der Waals surface area contributed by atoms with Crippen LogP contribution in [0.5, 0.6) is 0 Å². The Morgan fingerprint density at radius 2 is 2.31 bits per heavy atom. The second-order valence-electron chi connectivity index (χ2n) is 4.35. The fraction of sp³-hybridized carbons (Fsp3) is 0.333. The maximum Gasteiger partial charge on any atom is 0.316 e. The topological polar surface area (TPSA) is 70.4 Å². The van der Waals surface area contributed by atoms with Crippen molar-refractivity contribution >= 4 is 5.97 Å². The SMILES string of the molecule is O=C(O)[C@]12C[C@H](O)C=C[C@H]1c1cccnc12. The number of aliphatic hydroxyl groups is 1. The number of aromatic nitrogens is 1. The van der Waals surface area contributed by atoms with Gasteiger partial charge in [-0.1, -0.05) is 18.2 Å². The smallest absolute Gasteiger partial charge is 0.316 e. The maximum atomic E-state index is 11.5. The first-order valence-corrected chi connectivity index (χ1v) is 5.21. The van der Waals surface area contributed by atoms with Crippen molar-refractivity contribution in [3.63, 3.8) is 0 Å². The summed E-state index contributed by atoms with van der Waals surface area (Å²) in [6, 6.07) is 3.71. The highest BCUT2D eigenvalue weighted by Gasteiger charge is 2.59. The van der Waals surface area contributed by atoms with Crippen molar-refractivity contribution in [3.8, 4) is 0 Å². The predicted molar refractivity (Wildman–Crippen MR) is 56.1 cm³/mol. The molecule has 0 bridgehead atoms. The minimum absolute atomic E-state index is 0.142. The molecule has 0 aliphatic heterocycles. The number of carbonyl (C=O) groups is 1. The molecule has 0 radical (unpaired) electrons. The molecule has 0 saturated heterocycles. The Bertz CT molecular complexity index is 497. The third-order valence-corrected chi connectivity index (χ3v) is 3.57. The van der Waals surface area contributed by atoms with Crippen molar-refractivity contribution in [2.75, 3.05) is 0 Å². The summed E-state index contributed by atoms with van der Waals surface area (Å²) < 4.78 is 0. The van der Waals surface area contributed by atoms with Crippen LogP contribution in [0, 0.1) is 0 Å². The van der Waals surface area contributed by atoms with Gasteiger partial charge in [0.15, 0.2) is 0 Å². The van der Waals surface area contributed by atoms with E-state index in [0.717, 1.165) is 5.56 Å². The van der Waals surface area contributed by atoms with Gasteiger partial charge in [0.25, 0.3) is 0 Å². The molecule has 0 aromatic carbocycles. The molecule has 0 saturated carbocycles. The Morgan fingerprint density at radius 3 is 3.06 bits per heavy atom. The molecule has 4 heteroatoms. The molecule has 4 nitrogen and oxygen atoms in total. The molecule has 3 rings (SSSR count). The summed E-state index contributed by atoms with van der Waals surface area (Å²) in [6.45, 7) is 0. The lowest BCUT2D eigenvalue weighted by Crippen LogP contribution is -2.53. The summed E-state index contributed by atoms with van der Waals surface area (Å²) in [5, 5.41) is 19.0. The van der Waals surface area contributed by atoms with Crippen LogP contribution in [0.3, 0.4) is 0 Å². The summed E-state index contributed by atoms with van der Waals surface area (Å²) in [6.07, 6.45) is 4.58. The lowest BCUT2D eigenvalue weighted by Gasteiger charge is -2.48. The third-order valence-electron chi connectivity index (χ3n) is 3.57. The van der Waals surface area contributed by atoms with Crippen molar-refractivity contribution in [1.29, 1.82) is 0 Å². The highest BCUT2D eigenvalue weighted by atomic mass is 16.4. The lowest BCUT2D eigenvalue weighted by molar-refractivity contribution is -0.147. The van der Waals surface area contributed by atoms with Crippen LogP contribution in [0.25, 0.3) is 0 Å². The highest BCUT2D eigenvalue weighted by molar-refractivity contribution is 5.87. The van der Waals surface area contributed by atoms with E-state index >= 15 is 0 Å². The Hall–Kier alpha value is -1.68. The van der Waals surface area contributed by atoms with Crippen molar-refractivity contribution in [1.82, 2.24) is 4.98 Å². The van der Waals surface area contributed by atoms with E-state index in [9.17, 15) is 15.0 Å². The van der Waals surface area contributed by atoms with Gasteiger partial charge in [-0.3, -0.25) is 9.78 Å². The molecular formula is C12H11NO3. The Morgan fingerprint density at radius 1 is 1.50 bits per heavy atom. The van der Waals surface area contributed by atoms with Crippen LogP contribution in [-0.2, 0) is 10.2 Å². The highest BCUT2D eigenvalue weighted by Crippen LogP contribution is 2.56. The van der Waals surface area contributed by atoms with Gasteiger partial charge in [-0.05, 0) is 18.1 Å². The summed E-state index contributed by atoms with van der Waals surface area (Å²) in [5.41, 5.74) is 0.564. The van der Waals surface area contributed by atoms with Crippen LogP contribution >= 0.6 is 0 Å². The molecule has 2 aliphatic carbocycles. The molecule has 0 spiro atoms. The normalized spacial score (nSPS) is 34.8. The molecule has 0 fully saturated rings. The summed E-state index contributed by atoms with van der Waals surface area (Å²) in [7, 11) is 0. The molecular weight excluding hydrogens is 206 g/mol. The van der Waals surface area contributed by atoms with Gasteiger partial charge in [0.2, 0.25) is 0 Å². The molecule has 2 N–H and O–H groups in total. The van der Waals surface area contributed by atoms with E-state index in [1.807, 2.05) is 12.1 Å². The van der Waals surface area contributed by atoms with Crippen LogP contribution in [0.2, 0.25) is 0 Å². The second-order valence-corrected chi connectivity index (χ2v) is 4.35. The largest absolute Gasteiger partial charge is 0.481 e. The Balaban J connectivity index is 2.20. The minimum Gasteiger partial charge on any atom is -0.481 e. The fourth-order valence-corrected chi connectivity index (χ4v) is 2.83. The zero-order valence-corrected chi connectivity index (χ0v) is 8.50. The van der Waals surface area contributed by atoms with Gasteiger partial charge in [-0.2, -0.15) is 0 Å². The van der Waals surface area contributed by atoms with Gasteiger partial charge < -0.3 is 10.2 Å². The Labute approximate surface area is 92.3 Å². The van der Waals surface area contributed by atoms with Gasteiger partial charge in [-0.15, -0.1) is 0 Å².